The molecule has 0 saturated carbocycles. The van der Waals surface area contributed by atoms with Gasteiger partial charge in [0, 0.05) is 13.1 Å². The lowest BCUT2D eigenvalue weighted by Gasteiger charge is -2.31. The number of hydrogen-bond acceptors (Lipinski definition) is 3. The molecule has 2 aromatic rings. The van der Waals surface area contributed by atoms with Crippen molar-refractivity contribution < 1.29 is 19.1 Å². The number of carboxylic acids is 1. The fraction of sp³-hybridized carbons (Fsp3) is 0.333. The van der Waals surface area contributed by atoms with Crippen molar-refractivity contribution in [2.75, 3.05) is 13.1 Å². The molecule has 6 heteroatoms. The Bertz CT molecular complexity index is 676. The van der Waals surface area contributed by atoms with E-state index in [9.17, 15) is 9.59 Å². The lowest BCUT2D eigenvalue weighted by molar-refractivity contribution is -0.143. The average molecular weight is 328 g/mol. The predicted octanol–water partition coefficient (Wildman–Crippen LogP) is 2.88. The Balaban J connectivity index is 1.70. The summed E-state index contributed by atoms with van der Waals surface area (Å²) >= 11 is 0. The number of carbonyl (C=O) groups excluding carboxylic acids is 1. The van der Waals surface area contributed by atoms with Crippen LogP contribution in [0.5, 0.6) is 0 Å². The molecule has 1 unspecified atom stereocenters. The van der Waals surface area contributed by atoms with Crippen LogP contribution in [0.2, 0.25) is 0 Å². The first kappa shape index (κ1) is 16.1. The van der Waals surface area contributed by atoms with Crippen LogP contribution in [0.3, 0.4) is 0 Å². The van der Waals surface area contributed by atoms with Gasteiger partial charge in [-0.15, -0.1) is 0 Å². The van der Waals surface area contributed by atoms with Gasteiger partial charge in [0.15, 0.2) is 0 Å². The van der Waals surface area contributed by atoms with Crippen LogP contribution in [0.25, 0.3) is 0 Å². The van der Waals surface area contributed by atoms with Gasteiger partial charge >= 0.3 is 12.0 Å². The molecule has 0 bridgehead atoms. The molecule has 1 saturated heterocycles. The number of urea groups is 1. The highest BCUT2D eigenvalue weighted by molar-refractivity contribution is 5.76. The Kier molecular flexibility index (Phi) is 4.84. The number of nitrogens with zero attached hydrogens (tertiary/aromatic N) is 1. The first-order chi connectivity index (χ1) is 11.6. The first-order valence-corrected chi connectivity index (χ1v) is 8.01. The second kappa shape index (κ2) is 7.21. The molecule has 3 rings (SSSR count). The molecule has 126 valence electrons. The zero-order valence-corrected chi connectivity index (χ0v) is 13.2. The van der Waals surface area contributed by atoms with Gasteiger partial charge < -0.3 is 19.7 Å². The number of rotatable bonds is 4. The number of carbonyl (C=O) groups is 2. The van der Waals surface area contributed by atoms with Gasteiger partial charge in [-0.2, -0.15) is 0 Å². The number of nitrogens with one attached hydrogen (secondary N) is 1. The maximum atomic E-state index is 12.6. The lowest BCUT2D eigenvalue weighted by Crippen LogP contribution is -2.46. The number of furan rings is 1. The minimum atomic E-state index is -0.784. The highest BCUT2D eigenvalue weighted by Gasteiger charge is 2.29. The zero-order chi connectivity index (χ0) is 16.9. The van der Waals surface area contributed by atoms with E-state index < -0.39 is 5.97 Å². The summed E-state index contributed by atoms with van der Waals surface area (Å²) < 4.78 is 5.48. The minimum Gasteiger partial charge on any atom is -0.481 e. The van der Waals surface area contributed by atoms with Crippen LogP contribution in [0.15, 0.2) is 53.1 Å². The summed E-state index contributed by atoms with van der Waals surface area (Å²) in [5, 5.41) is 12.0. The summed E-state index contributed by atoms with van der Waals surface area (Å²) in [6.45, 7) is 0.894. The summed E-state index contributed by atoms with van der Waals surface area (Å²) in [5.74, 6) is -0.480. The van der Waals surface area contributed by atoms with Crippen molar-refractivity contribution in [2.45, 2.75) is 18.9 Å². The van der Waals surface area contributed by atoms with Crippen LogP contribution in [0, 0.1) is 5.92 Å². The Morgan fingerprint density at radius 1 is 1.12 bits per heavy atom. The highest BCUT2D eigenvalue weighted by atomic mass is 16.4. The Labute approximate surface area is 140 Å². The normalized spacial score (nSPS) is 16.6. The number of carboxylic acid groups (broad SMARTS) is 1. The number of piperidine rings is 1. The lowest BCUT2D eigenvalue weighted by atomic mass is 9.97. The van der Waals surface area contributed by atoms with Gasteiger partial charge in [0.25, 0.3) is 0 Å². The summed E-state index contributed by atoms with van der Waals surface area (Å²) in [7, 11) is 0. The van der Waals surface area contributed by atoms with Gasteiger partial charge in [0.1, 0.15) is 11.8 Å². The van der Waals surface area contributed by atoms with Crippen molar-refractivity contribution in [1.29, 1.82) is 0 Å². The second-order valence-electron chi connectivity index (χ2n) is 5.91. The number of likely N-dealkylation sites (tertiary alicyclic amines) is 1. The molecule has 1 aliphatic rings. The van der Waals surface area contributed by atoms with Gasteiger partial charge in [-0.25, -0.2) is 4.79 Å². The largest absolute Gasteiger partial charge is 0.481 e. The van der Waals surface area contributed by atoms with Gasteiger partial charge in [-0.3, -0.25) is 4.79 Å². The number of benzene rings is 1. The monoisotopic (exact) mass is 328 g/mol. The second-order valence-corrected chi connectivity index (χ2v) is 5.91. The van der Waals surface area contributed by atoms with E-state index in [2.05, 4.69) is 5.32 Å². The van der Waals surface area contributed by atoms with E-state index in [-0.39, 0.29) is 18.0 Å². The predicted molar refractivity (Wildman–Crippen MR) is 87.5 cm³/mol. The van der Waals surface area contributed by atoms with Gasteiger partial charge in [-0.1, -0.05) is 30.3 Å². The molecule has 1 aromatic carbocycles. The average Bonchev–Trinajstić information content (AvgIpc) is 3.14. The molecular weight excluding hydrogens is 308 g/mol. The highest BCUT2D eigenvalue weighted by Crippen LogP contribution is 2.24. The summed E-state index contributed by atoms with van der Waals surface area (Å²) in [6.07, 6.45) is 2.55. The van der Waals surface area contributed by atoms with Crippen LogP contribution in [0.4, 0.5) is 4.79 Å². The fourth-order valence-electron chi connectivity index (χ4n) is 2.96. The van der Waals surface area contributed by atoms with Crippen LogP contribution in [0.1, 0.15) is 30.2 Å². The van der Waals surface area contributed by atoms with Gasteiger partial charge in [0.2, 0.25) is 0 Å². The molecule has 24 heavy (non-hydrogen) atoms. The van der Waals surface area contributed by atoms with Crippen molar-refractivity contribution in [3.63, 3.8) is 0 Å². The summed E-state index contributed by atoms with van der Waals surface area (Å²) in [5.41, 5.74) is 0.932. The van der Waals surface area contributed by atoms with Gasteiger partial charge in [0.05, 0.1) is 12.2 Å². The van der Waals surface area contributed by atoms with E-state index >= 15 is 0 Å². The molecule has 2 N–H and O–H groups in total. The molecule has 1 aromatic heterocycles. The van der Waals surface area contributed by atoms with Crippen molar-refractivity contribution in [3.8, 4) is 0 Å². The third-order valence-electron chi connectivity index (χ3n) is 4.36. The van der Waals surface area contributed by atoms with E-state index in [1.807, 2.05) is 36.4 Å². The number of aliphatic carboxylic acids is 1. The van der Waals surface area contributed by atoms with Crippen LogP contribution < -0.4 is 5.32 Å². The third kappa shape index (κ3) is 3.59. The molecule has 6 nitrogen and oxygen atoms in total. The molecule has 2 amide bonds. The third-order valence-corrected chi connectivity index (χ3v) is 4.36. The van der Waals surface area contributed by atoms with Crippen molar-refractivity contribution in [1.82, 2.24) is 10.2 Å². The van der Waals surface area contributed by atoms with Crippen LogP contribution >= 0.6 is 0 Å². The zero-order valence-electron chi connectivity index (χ0n) is 13.2. The first-order valence-electron chi connectivity index (χ1n) is 8.01. The van der Waals surface area contributed by atoms with Crippen molar-refractivity contribution in [3.05, 3.63) is 60.1 Å². The molecule has 1 atom stereocenters. The molecule has 0 spiro atoms. The van der Waals surface area contributed by atoms with Gasteiger partial charge in [-0.05, 0) is 30.5 Å². The number of amides is 2. The molecule has 2 heterocycles. The maximum absolute atomic E-state index is 12.6. The molecule has 0 aliphatic carbocycles. The standard InChI is InChI=1S/C18H20N2O4/c21-17(22)14-8-10-20(11-9-14)18(23)19-16(15-7-4-12-24-15)13-5-2-1-3-6-13/h1-7,12,14,16H,8-11H2,(H,19,23)(H,21,22). The summed E-state index contributed by atoms with van der Waals surface area (Å²) in [4.78, 5) is 25.3. The molecular formula is C18H20N2O4. The van der Waals surface area contributed by atoms with E-state index in [1.54, 1.807) is 17.2 Å². The fourth-order valence-corrected chi connectivity index (χ4v) is 2.96. The molecule has 0 radical (unpaired) electrons. The smallest absolute Gasteiger partial charge is 0.318 e. The summed E-state index contributed by atoms with van der Waals surface area (Å²) in [6, 6.07) is 12.7. The van der Waals surface area contributed by atoms with Crippen molar-refractivity contribution >= 4 is 12.0 Å². The van der Waals surface area contributed by atoms with E-state index in [0.29, 0.717) is 31.7 Å². The minimum absolute atomic E-state index is 0.205. The number of hydrogen-bond donors (Lipinski definition) is 2. The molecule has 1 aliphatic heterocycles. The van der Waals surface area contributed by atoms with Crippen LogP contribution in [-0.4, -0.2) is 35.1 Å². The maximum Gasteiger partial charge on any atom is 0.318 e. The SMILES string of the molecule is O=C(O)C1CCN(C(=O)NC(c2ccccc2)c2ccco2)CC1. The molecule has 1 fully saturated rings. The topological polar surface area (TPSA) is 82.8 Å². The van der Waals surface area contributed by atoms with Crippen molar-refractivity contribution in [2.24, 2.45) is 5.92 Å². The Morgan fingerprint density at radius 3 is 2.42 bits per heavy atom. The van der Waals surface area contributed by atoms with E-state index in [4.69, 9.17) is 9.52 Å². The van der Waals surface area contributed by atoms with E-state index in [1.165, 1.54) is 0 Å². The van der Waals surface area contributed by atoms with Crippen LogP contribution in [-0.2, 0) is 4.79 Å². The Hall–Kier alpha value is -2.76. The quantitative estimate of drug-likeness (QED) is 0.904. The van der Waals surface area contributed by atoms with E-state index in [0.717, 1.165) is 5.56 Å². The Morgan fingerprint density at radius 2 is 1.83 bits per heavy atom.